The van der Waals surface area contributed by atoms with Crippen LogP contribution < -0.4 is 5.56 Å². The number of likely N-dealkylation sites (tertiary alicyclic amines) is 1. The fraction of sp³-hybridized carbons (Fsp3) is 0.450. The van der Waals surface area contributed by atoms with Crippen LogP contribution >= 0.6 is 0 Å². The maximum Gasteiger partial charge on any atom is 0.276 e. The van der Waals surface area contributed by atoms with Crippen LogP contribution in [0.1, 0.15) is 46.4 Å². The second-order valence-corrected chi connectivity index (χ2v) is 8.02. The topological polar surface area (TPSA) is 99.1 Å². The van der Waals surface area contributed by atoms with Crippen molar-refractivity contribution < 1.29 is 9.32 Å². The number of hydrogen-bond acceptors (Lipinski definition) is 6. The summed E-state index contributed by atoms with van der Waals surface area (Å²) in [4.78, 5) is 26.5. The van der Waals surface area contributed by atoms with Gasteiger partial charge in [0.15, 0.2) is 11.5 Å². The van der Waals surface area contributed by atoms with Crippen molar-refractivity contribution in [1.82, 2.24) is 29.6 Å². The first-order chi connectivity index (χ1) is 14.0. The van der Waals surface area contributed by atoms with Crippen LogP contribution in [0.2, 0.25) is 0 Å². The quantitative estimate of drug-likeness (QED) is 0.653. The first-order valence-electron chi connectivity index (χ1n) is 9.85. The number of nitrogens with zero attached hydrogens (tertiary/aromatic N) is 6. The Morgan fingerprint density at radius 1 is 1.17 bits per heavy atom. The second kappa shape index (κ2) is 6.68. The van der Waals surface area contributed by atoms with Gasteiger partial charge in [-0.2, -0.15) is 5.10 Å². The lowest BCUT2D eigenvalue weighted by Gasteiger charge is -2.38. The highest BCUT2D eigenvalue weighted by Gasteiger charge is 2.35. The van der Waals surface area contributed by atoms with E-state index >= 15 is 0 Å². The molecule has 29 heavy (non-hydrogen) atoms. The molecule has 1 saturated carbocycles. The van der Waals surface area contributed by atoms with Gasteiger partial charge in [0.25, 0.3) is 11.5 Å². The molecule has 3 aromatic rings. The third-order valence-electron chi connectivity index (χ3n) is 5.48. The molecule has 2 fully saturated rings. The molecule has 9 nitrogen and oxygen atoms in total. The van der Waals surface area contributed by atoms with Gasteiger partial charge in [-0.15, -0.1) is 5.10 Å². The lowest BCUT2D eigenvalue weighted by Crippen LogP contribution is -2.52. The number of rotatable bonds is 5. The first-order valence-corrected chi connectivity index (χ1v) is 9.85. The van der Waals surface area contributed by atoms with Crippen molar-refractivity contribution in [2.24, 2.45) is 5.92 Å². The Morgan fingerprint density at radius 2 is 1.97 bits per heavy atom. The maximum atomic E-state index is 12.5. The zero-order chi connectivity index (χ0) is 20.1. The summed E-state index contributed by atoms with van der Waals surface area (Å²) >= 11 is 0. The molecule has 5 rings (SSSR count). The fourth-order valence-corrected chi connectivity index (χ4v) is 3.75. The number of carbonyl (C=O) groups is 1. The van der Waals surface area contributed by atoms with E-state index in [0.29, 0.717) is 37.1 Å². The Bertz CT molecular complexity index is 1130. The SMILES string of the molecule is Cc1cc(C)n(-c2ccc(=O)n(CC3CN(C(=O)c4cc(C5CC5)on4)C3)n2)n1. The van der Waals surface area contributed by atoms with Crippen LogP contribution in [0, 0.1) is 19.8 Å². The maximum absolute atomic E-state index is 12.5. The molecule has 0 bridgehead atoms. The van der Waals surface area contributed by atoms with E-state index in [1.807, 2.05) is 19.9 Å². The highest BCUT2D eigenvalue weighted by molar-refractivity contribution is 5.92. The molecule has 0 unspecified atom stereocenters. The van der Waals surface area contributed by atoms with E-state index in [-0.39, 0.29) is 17.4 Å². The zero-order valence-electron chi connectivity index (χ0n) is 16.4. The fourth-order valence-electron chi connectivity index (χ4n) is 3.75. The van der Waals surface area contributed by atoms with Crippen LogP contribution in [0.4, 0.5) is 0 Å². The zero-order valence-corrected chi connectivity index (χ0v) is 16.4. The molecule has 0 spiro atoms. The molecule has 9 heteroatoms. The van der Waals surface area contributed by atoms with E-state index in [0.717, 1.165) is 30.0 Å². The van der Waals surface area contributed by atoms with Gasteiger partial charge >= 0.3 is 0 Å². The molecule has 0 aromatic carbocycles. The van der Waals surface area contributed by atoms with Crippen molar-refractivity contribution in [2.75, 3.05) is 13.1 Å². The minimum absolute atomic E-state index is 0.117. The van der Waals surface area contributed by atoms with Gasteiger partial charge in [0, 0.05) is 42.8 Å². The normalized spacial score (nSPS) is 16.8. The van der Waals surface area contributed by atoms with Crippen LogP contribution in [-0.2, 0) is 6.54 Å². The van der Waals surface area contributed by atoms with Crippen LogP contribution in [0.15, 0.2) is 33.6 Å². The number of amides is 1. The minimum Gasteiger partial charge on any atom is -0.360 e. The lowest BCUT2D eigenvalue weighted by atomic mass is 9.99. The summed E-state index contributed by atoms with van der Waals surface area (Å²) in [5, 5.41) is 12.8. The molecule has 1 amide bonds. The summed E-state index contributed by atoms with van der Waals surface area (Å²) < 4.78 is 8.46. The van der Waals surface area contributed by atoms with Gasteiger partial charge in [-0.25, -0.2) is 9.36 Å². The van der Waals surface area contributed by atoms with E-state index in [4.69, 9.17) is 4.52 Å². The third-order valence-corrected chi connectivity index (χ3v) is 5.48. The Kier molecular flexibility index (Phi) is 4.11. The average Bonchev–Trinajstić information content (AvgIpc) is 3.29. The van der Waals surface area contributed by atoms with Crippen molar-refractivity contribution in [3.05, 3.63) is 57.5 Å². The predicted octanol–water partition coefficient (Wildman–Crippen LogP) is 1.68. The molecule has 150 valence electrons. The summed E-state index contributed by atoms with van der Waals surface area (Å²) in [6, 6.07) is 6.91. The van der Waals surface area contributed by atoms with E-state index in [2.05, 4.69) is 15.4 Å². The Morgan fingerprint density at radius 3 is 2.66 bits per heavy atom. The van der Waals surface area contributed by atoms with Gasteiger partial charge in [-0.1, -0.05) is 5.16 Å². The number of hydrogen-bond donors (Lipinski definition) is 0. The van der Waals surface area contributed by atoms with E-state index < -0.39 is 0 Å². The van der Waals surface area contributed by atoms with Gasteiger partial charge < -0.3 is 9.42 Å². The summed E-state index contributed by atoms with van der Waals surface area (Å²) in [5.74, 6) is 1.91. The van der Waals surface area contributed by atoms with Gasteiger partial charge in [0.1, 0.15) is 5.76 Å². The van der Waals surface area contributed by atoms with Crippen LogP contribution in [0.5, 0.6) is 0 Å². The molecule has 0 N–H and O–H groups in total. The van der Waals surface area contributed by atoms with Gasteiger partial charge in [-0.3, -0.25) is 9.59 Å². The largest absolute Gasteiger partial charge is 0.360 e. The van der Waals surface area contributed by atoms with Gasteiger partial charge in [0.2, 0.25) is 0 Å². The number of aromatic nitrogens is 5. The van der Waals surface area contributed by atoms with Crippen molar-refractivity contribution in [3.8, 4) is 5.82 Å². The Hall–Kier alpha value is -3.23. The molecule has 2 aliphatic rings. The van der Waals surface area contributed by atoms with Gasteiger partial charge in [0.05, 0.1) is 12.2 Å². The molecule has 0 radical (unpaired) electrons. The van der Waals surface area contributed by atoms with Crippen LogP contribution in [0.3, 0.4) is 0 Å². The minimum atomic E-state index is -0.161. The summed E-state index contributed by atoms with van der Waals surface area (Å²) in [6.45, 7) is 5.47. The first kappa shape index (κ1) is 17.8. The summed E-state index contributed by atoms with van der Waals surface area (Å²) in [5.41, 5.74) is 2.06. The van der Waals surface area contributed by atoms with Gasteiger partial charge in [-0.05, 0) is 38.8 Å². The van der Waals surface area contributed by atoms with E-state index in [1.165, 1.54) is 10.7 Å². The molecule has 0 atom stereocenters. The molecule has 4 heterocycles. The smallest absolute Gasteiger partial charge is 0.276 e. The second-order valence-electron chi connectivity index (χ2n) is 8.02. The number of carbonyl (C=O) groups excluding carboxylic acids is 1. The average molecular weight is 394 g/mol. The molecule has 1 aliphatic heterocycles. The van der Waals surface area contributed by atoms with Crippen molar-refractivity contribution in [3.63, 3.8) is 0 Å². The molecule has 1 aliphatic carbocycles. The highest BCUT2D eigenvalue weighted by Crippen LogP contribution is 2.40. The summed E-state index contributed by atoms with van der Waals surface area (Å²) in [7, 11) is 0. The number of aryl methyl sites for hydroxylation is 2. The van der Waals surface area contributed by atoms with Crippen molar-refractivity contribution in [2.45, 2.75) is 39.2 Å². The Balaban J connectivity index is 1.25. The van der Waals surface area contributed by atoms with Crippen molar-refractivity contribution in [1.29, 1.82) is 0 Å². The van der Waals surface area contributed by atoms with E-state index in [9.17, 15) is 9.59 Å². The predicted molar refractivity (Wildman–Crippen MR) is 103 cm³/mol. The molecule has 3 aromatic heterocycles. The highest BCUT2D eigenvalue weighted by atomic mass is 16.5. The standard InChI is InChI=1S/C20H22N6O3/c1-12-7-13(2)26(21-12)18-5-6-19(27)25(22-18)11-14-9-24(10-14)20(28)16-8-17(29-23-16)15-3-4-15/h5-8,14-15H,3-4,9-11H2,1-2H3. The van der Waals surface area contributed by atoms with Crippen LogP contribution in [0.25, 0.3) is 5.82 Å². The summed E-state index contributed by atoms with van der Waals surface area (Å²) in [6.07, 6.45) is 2.21. The monoisotopic (exact) mass is 394 g/mol. The molecular formula is C20H22N6O3. The van der Waals surface area contributed by atoms with Crippen LogP contribution in [-0.4, -0.2) is 48.6 Å². The Labute approximate surface area is 166 Å². The molecular weight excluding hydrogens is 372 g/mol. The molecule has 1 saturated heterocycles. The van der Waals surface area contributed by atoms with E-state index in [1.54, 1.807) is 21.7 Å². The van der Waals surface area contributed by atoms with Crippen molar-refractivity contribution >= 4 is 5.91 Å². The third kappa shape index (κ3) is 3.37. The lowest BCUT2D eigenvalue weighted by molar-refractivity contribution is 0.0448.